The van der Waals surface area contributed by atoms with E-state index in [4.69, 9.17) is 0 Å². The predicted octanol–water partition coefficient (Wildman–Crippen LogP) is 5.89. The first-order valence-electron chi connectivity index (χ1n) is 7.62. The molecule has 142 valence electrons. The number of hydrogen-bond donors (Lipinski definition) is 0. The van der Waals surface area contributed by atoms with Gasteiger partial charge < -0.3 is 24.4 Å². The molecule has 0 amide bonds. The van der Waals surface area contributed by atoms with Crippen molar-refractivity contribution < 1.29 is 46.7 Å². The Bertz CT molecular complexity index is 868. The zero-order valence-electron chi connectivity index (χ0n) is 15.9. The van der Waals surface area contributed by atoms with Gasteiger partial charge in [0.1, 0.15) is 0 Å². The number of carbonyl (C=O) groups excluding carboxylic acids is 2. The quantitative estimate of drug-likeness (QED) is 0.311. The van der Waals surface area contributed by atoms with Gasteiger partial charge in [0, 0.05) is 0 Å². The largest absolute Gasteiger partial charge is 2.00 e. The van der Waals surface area contributed by atoms with Crippen LogP contribution in [0.25, 0.3) is 21.9 Å². The number of rotatable bonds is 7. The maximum Gasteiger partial charge on any atom is 2.00 e. The molecule has 0 aliphatic heterocycles. The van der Waals surface area contributed by atoms with E-state index in [-0.39, 0.29) is 69.1 Å². The summed E-state index contributed by atoms with van der Waals surface area (Å²) in [5.41, 5.74) is 4.68. The number of fused-ring (bicyclic) bond motifs is 1. The Balaban J connectivity index is 0. The van der Waals surface area contributed by atoms with Gasteiger partial charge in [0.05, 0.1) is 0 Å². The van der Waals surface area contributed by atoms with Crippen LogP contribution < -0.4 is 0 Å². The SMILES string of the molecule is O=[C-]PCc1ccc(-c2ccc3cc(CP[C-]=O)ccc3c2)cc1.[CH3-].[CH3-].[V+2].[V+2]. The summed E-state index contributed by atoms with van der Waals surface area (Å²) in [6, 6.07) is 25.0. The van der Waals surface area contributed by atoms with Gasteiger partial charge in [-0.3, -0.25) is 0 Å². The molecule has 0 fully saturated rings. The molecule has 3 aromatic carbocycles. The monoisotopic (exact) mass is 482 g/mol. The maximum atomic E-state index is 10.4. The Labute approximate surface area is 196 Å². The second-order valence-corrected chi connectivity index (χ2v) is 7.33. The van der Waals surface area contributed by atoms with E-state index in [1.807, 2.05) is 12.1 Å². The molecule has 2 radical (unpaired) electrons. The molecular formula is C22H22O2P2V2. The summed E-state index contributed by atoms with van der Waals surface area (Å²) in [6.07, 6.45) is 1.53. The van der Waals surface area contributed by atoms with Crippen LogP contribution in [0.2, 0.25) is 0 Å². The van der Waals surface area contributed by atoms with Crippen molar-refractivity contribution >= 4 is 40.0 Å². The molecule has 0 saturated heterocycles. The van der Waals surface area contributed by atoms with Crippen molar-refractivity contribution in [1.29, 1.82) is 0 Å². The average Bonchev–Trinajstić information content (AvgIpc) is 2.64. The fraction of sp³-hybridized carbons (Fsp3) is 0.0909. The van der Waals surface area contributed by atoms with Crippen LogP contribution in [-0.2, 0) is 59.0 Å². The molecule has 3 rings (SSSR count). The van der Waals surface area contributed by atoms with E-state index < -0.39 is 0 Å². The van der Waals surface area contributed by atoms with Gasteiger partial charge >= 0.3 is 37.1 Å². The summed E-state index contributed by atoms with van der Waals surface area (Å²) in [4.78, 5) is 20.7. The van der Waals surface area contributed by atoms with Crippen molar-refractivity contribution in [2.75, 3.05) is 0 Å². The third kappa shape index (κ3) is 7.96. The Morgan fingerprint density at radius 1 is 0.607 bits per heavy atom. The number of hydrogen-bond acceptors (Lipinski definition) is 2. The first kappa shape index (κ1) is 29.5. The second-order valence-electron chi connectivity index (χ2n) is 5.50. The van der Waals surface area contributed by atoms with Crippen LogP contribution >= 0.6 is 17.2 Å². The molecule has 0 aromatic heterocycles. The van der Waals surface area contributed by atoms with Gasteiger partial charge in [0.2, 0.25) is 0 Å². The number of benzene rings is 3. The molecule has 3 aromatic rings. The van der Waals surface area contributed by atoms with Crippen LogP contribution in [0, 0.1) is 14.9 Å². The first-order valence-corrected chi connectivity index (χ1v) is 10.0. The first-order chi connectivity index (χ1) is 11.8. The summed E-state index contributed by atoms with van der Waals surface area (Å²) >= 11 is 0. The molecule has 2 atom stereocenters. The fourth-order valence-corrected chi connectivity index (χ4v) is 3.68. The van der Waals surface area contributed by atoms with Crippen molar-refractivity contribution in [2.45, 2.75) is 12.3 Å². The van der Waals surface area contributed by atoms with E-state index in [0.717, 1.165) is 12.3 Å². The van der Waals surface area contributed by atoms with E-state index in [0.29, 0.717) is 0 Å². The molecule has 0 N–H and O–H groups in total. The third-order valence-electron chi connectivity index (χ3n) is 3.92. The molecule has 0 saturated carbocycles. The van der Waals surface area contributed by atoms with Gasteiger partial charge in [0.25, 0.3) is 0 Å². The van der Waals surface area contributed by atoms with Gasteiger partial charge in [-0.2, -0.15) is 0 Å². The van der Waals surface area contributed by atoms with E-state index >= 15 is 0 Å². The van der Waals surface area contributed by atoms with Crippen LogP contribution in [0.4, 0.5) is 0 Å². The molecule has 0 aliphatic carbocycles. The molecule has 0 aliphatic rings. The summed E-state index contributed by atoms with van der Waals surface area (Å²) in [5, 5.41) is 2.38. The molecular weight excluding hydrogens is 460 g/mol. The Kier molecular flexibility index (Phi) is 16.0. The molecule has 2 nitrogen and oxygen atoms in total. The van der Waals surface area contributed by atoms with E-state index in [2.05, 4.69) is 60.7 Å². The summed E-state index contributed by atoms with van der Waals surface area (Å²) < 4.78 is 0. The topological polar surface area (TPSA) is 34.1 Å². The minimum Gasteiger partial charge on any atom is -0.537 e. The normalized spacial score (nSPS) is 10.0. The minimum absolute atomic E-state index is 0. The smallest absolute Gasteiger partial charge is 0.537 e. The Hall–Kier alpha value is -0.711. The van der Waals surface area contributed by atoms with Gasteiger partial charge in [-0.15, -0.1) is 0 Å². The predicted molar refractivity (Wildman–Crippen MR) is 118 cm³/mol. The zero-order chi connectivity index (χ0) is 16.8. The van der Waals surface area contributed by atoms with Crippen molar-refractivity contribution in [3.05, 3.63) is 86.6 Å². The van der Waals surface area contributed by atoms with Crippen molar-refractivity contribution in [2.24, 2.45) is 0 Å². The van der Waals surface area contributed by atoms with Crippen LogP contribution in [0.15, 0.2) is 60.7 Å². The van der Waals surface area contributed by atoms with Gasteiger partial charge in [-0.1, -0.05) is 54.6 Å². The third-order valence-corrected chi connectivity index (χ3v) is 5.38. The average molecular weight is 482 g/mol. The molecule has 28 heavy (non-hydrogen) atoms. The van der Waals surface area contributed by atoms with E-state index in [1.54, 1.807) is 0 Å². The summed E-state index contributed by atoms with van der Waals surface area (Å²) in [5.74, 6) is 0. The Morgan fingerprint density at radius 2 is 1.07 bits per heavy atom. The molecule has 6 heteroatoms. The minimum atomic E-state index is 0. The van der Waals surface area contributed by atoms with Crippen LogP contribution in [0.5, 0.6) is 0 Å². The van der Waals surface area contributed by atoms with E-state index in [9.17, 15) is 9.59 Å². The van der Waals surface area contributed by atoms with Crippen LogP contribution in [-0.4, -0.2) is 12.1 Å². The van der Waals surface area contributed by atoms with E-state index in [1.165, 1.54) is 33.0 Å². The van der Waals surface area contributed by atoms with Crippen LogP contribution in [0.1, 0.15) is 11.1 Å². The Morgan fingerprint density at radius 3 is 1.68 bits per heavy atom. The van der Waals surface area contributed by atoms with Gasteiger partial charge in [-0.25, -0.2) is 29.2 Å². The van der Waals surface area contributed by atoms with Crippen molar-refractivity contribution in [1.82, 2.24) is 0 Å². The maximum absolute atomic E-state index is 10.4. The molecule has 2 unspecified atom stereocenters. The molecule has 0 heterocycles. The standard InChI is InChI=1S/C20H16O2P2.2CH3.2V/c21-13-23-11-15-1-4-17(5-2-15)19-8-7-18-9-16(12-24-14-22)3-6-20(18)10-19;;;;/h1-10,23-24H,11-12H2;2*1H3;;/q-2;2*-1;2*+2. The van der Waals surface area contributed by atoms with Crippen molar-refractivity contribution in [3.8, 4) is 11.1 Å². The van der Waals surface area contributed by atoms with Crippen molar-refractivity contribution in [3.63, 3.8) is 0 Å². The molecule has 0 spiro atoms. The zero-order valence-corrected chi connectivity index (χ0v) is 20.7. The summed E-state index contributed by atoms with van der Waals surface area (Å²) in [6.45, 7) is 0. The fourth-order valence-electron chi connectivity index (χ4n) is 2.68. The van der Waals surface area contributed by atoms with Gasteiger partial charge in [0.15, 0.2) is 0 Å². The molecule has 0 bridgehead atoms. The van der Waals surface area contributed by atoms with Gasteiger partial charge in [-0.05, 0) is 51.4 Å². The van der Waals surface area contributed by atoms with Crippen LogP contribution in [0.3, 0.4) is 0 Å². The summed E-state index contributed by atoms with van der Waals surface area (Å²) in [7, 11) is 0.420. The second kappa shape index (κ2) is 15.2.